The van der Waals surface area contributed by atoms with E-state index in [1.165, 1.54) is 11.1 Å². The molecule has 0 saturated heterocycles. The van der Waals surface area contributed by atoms with Crippen molar-refractivity contribution in [3.63, 3.8) is 0 Å². The number of hydrogen-bond donors (Lipinski definition) is 0. The van der Waals surface area contributed by atoms with E-state index in [1.54, 1.807) is 0 Å². The van der Waals surface area contributed by atoms with Gasteiger partial charge in [-0.05, 0) is 24.0 Å². The summed E-state index contributed by atoms with van der Waals surface area (Å²) in [7, 11) is 0. The monoisotopic (exact) mass is 190 g/mol. The lowest BCUT2D eigenvalue weighted by molar-refractivity contribution is 0.112. The predicted molar refractivity (Wildman–Crippen MR) is 59.8 cm³/mol. The van der Waals surface area contributed by atoms with Crippen LogP contribution in [0.25, 0.3) is 0 Å². The average Bonchev–Trinajstić information content (AvgIpc) is 2.19. The molecule has 0 N–H and O–H groups in total. The smallest absolute Gasteiger partial charge is 0.150 e. The van der Waals surface area contributed by atoms with Crippen molar-refractivity contribution in [1.82, 2.24) is 0 Å². The molecule has 14 heavy (non-hydrogen) atoms. The van der Waals surface area contributed by atoms with E-state index in [4.69, 9.17) is 0 Å². The molecule has 0 heterocycles. The van der Waals surface area contributed by atoms with Crippen LogP contribution in [0.5, 0.6) is 0 Å². The molecule has 0 unspecified atom stereocenters. The van der Waals surface area contributed by atoms with E-state index in [9.17, 15) is 4.79 Å². The minimum atomic E-state index is 0.927. The van der Waals surface area contributed by atoms with Crippen molar-refractivity contribution in [2.45, 2.75) is 39.5 Å². The molecule has 1 rings (SSSR count). The number of aldehydes is 1. The molecule has 0 aromatic heterocycles. The van der Waals surface area contributed by atoms with Crippen LogP contribution in [0.15, 0.2) is 18.2 Å². The Labute approximate surface area is 86.1 Å². The second-order valence-electron chi connectivity index (χ2n) is 3.61. The molecule has 0 aliphatic rings. The Balaban J connectivity index is 3.04. The molecule has 0 fully saturated rings. The van der Waals surface area contributed by atoms with Gasteiger partial charge >= 0.3 is 0 Å². The first kappa shape index (κ1) is 11.0. The molecule has 1 aromatic carbocycles. The first-order chi connectivity index (χ1) is 6.83. The van der Waals surface area contributed by atoms with E-state index in [-0.39, 0.29) is 0 Å². The van der Waals surface area contributed by atoms with E-state index < -0.39 is 0 Å². The molecule has 76 valence electrons. The molecular weight excluding hydrogens is 172 g/mol. The maximum atomic E-state index is 11.0. The molecule has 1 nitrogen and oxygen atoms in total. The van der Waals surface area contributed by atoms with Gasteiger partial charge in [-0.2, -0.15) is 0 Å². The molecule has 0 amide bonds. The summed E-state index contributed by atoms with van der Waals surface area (Å²) in [5, 5.41) is 0. The van der Waals surface area contributed by atoms with Crippen molar-refractivity contribution in [3.05, 3.63) is 34.9 Å². The number of benzene rings is 1. The molecule has 1 aromatic rings. The SMILES string of the molecule is CCCc1cccc(CCC)c1C=O. The van der Waals surface area contributed by atoms with Crippen molar-refractivity contribution in [2.24, 2.45) is 0 Å². The van der Waals surface area contributed by atoms with Crippen molar-refractivity contribution in [1.29, 1.82) is 0 Å². The predicted octanol–water partition coefficient (Wildman–Crippen LogP) is 3.40. The summed E-state index contributed by atoms with van der Waals surface area (Å²) >= 11 is 0. The zero-order chi connectivity index (χ0) is 10.4. The summed E-state index contributed by atoms with van der Waals surface area (Å²) in [6.45, 7) is 4.28. The summed E-state index contributed by atoms with van der Waals surface area (Å²) < 4.78 is 0. The molecular formula is C13H18O. The molecule has 0 saturated carbocycles. The summed E-state index contributed by atoms with van der Waals surface area (Å²) in [6.07, 6.45) is 5.21. The standard InChI is InChI=1S/C13H18O/c1-3-6-11-8-5-9-12(7-4-2)13(11)10-14/h5,8-10H,3-4,6-7H2,1-2H3. The Morgan fingerprint density at radius 2 is 1.57 bits per heavy atom. The van der Waals surface area contributed by atoms with Crippen LogP contribution in [0.1, 0.15) is 48.2 Å². The average molecular weight is 190 g/mol. The van der Waals surface area contributed by atoms with Crippen molar-refractivity contribution in [2.75, 3.05) is 0 Å². The minimum absolute atomic E-state index is 0.927. The molecule has 0 aliphatic carbocycles. The van der Waals surface area contributed by atoms with E-state index in [1.807, 2.05) is 0 Å². The Hall–Kier alpha value is -1.11. The van der Waals surface area contributed by atoms with Gasteiger partial charge in [0.15, 0.2) is 6.29 Å². The van der Waals surface area contributed by atoms with E-state index in [2.05, 4.69) is 32.0 Å². The lowest BCUT2D eigenvalue weighted by Gasteiger charge is -2.08. The third-order valence-corrected chi connectivity index (χ3v) is 2.44. The zero-order valence-electron chi connectivity index (χ0n) is 9.05. The third-order valence-electron chi connectivity index (χ3n) is 2.44. The maximum absolute atomic E-state index is 11.0. The molecule has 0 spiro atoms. The molecule has 0 radical (unpaired) electrons. The Bertz CT molecular complexity index is 278. The van der Waals surface area contributed by atoms with Crippen LogP contribution >= 0.6 is 0 Å². The molecule has 1 heteroatoms. The number of rotatable bonds is 5. The highest BCUT2D eigenvalue weighted by Crippen LogP contribution is 2.16. The van der Waals surface area contributed by atoms with Crippen LogP contribution < -0.4 is 0 Å². The Morgan fingerprint density at radius 1 is 1.07 bits per heavy atom. The molecule has 0 atom stereocenters. The molecule has 0 bridgehead atoms. The second-order valence-corrected chi connectivity index (χ2v) is 3.61. The van der Waals surface area contributed by atoms with Gasteiger partial charge in [-0.15, -0.1) is 0 Å². The fraction of sp³-hybridized carbons (Fsp3) is 0.462. The van der Waals surface area contributed by atoms with Crippen LogP contribution in [0.2, 0.25) is 0 Å². The maximum Gasteiger partial charge on any atom is 0.150 e. The summed E-state index contributed by atoms with van der Waals surface area (Å²) in [5.41, 5.74) is 3.33. The number of carbonyl (C=O) groups excluding carboxylic acids is 1. The van der Waals surface area contributed by atoms with Crippen molar-refractivity contribution >= 4 is 6.29 Å². The normalized spacial score (nSPS) is 10.1. The topological polar surface area (TPSA) is 17.1 Å². The van der Waals surface area contributed by atoms with Crippen LogP contribution in [0.4, 0.5) is 0 Å². The molecule has 0 aliphatic heterocycles. The van der Waals surface area contributed by atoms with Crippen LogP contribution in [0, 0.1) is 0 Å². The summed E-state index contributed by atoms with van der Waals surface area (Å²) in [4.78, 5) is 11.0. The van der Waals surface area contributed by atoms with Gasteiger partial charge in [0.2, 0.25) is 0 Å². The van der Waals surface area contributed by atoms with Gasteiger partial charge in [0.25, 0.3) is 0 Å². The first-order valence-electron chi connectivity index (χ1n) is 5.39. The quantitative estimate of drug-likeness (QED) is 0.650. The van der Waals surface area contributed by atoms with Crippen molar-refractivity contribution in [3.8, 4) is 0 Å². The van der Waals surface area contributed by atoms with Crippen LogP contribution in [-0.4, -0.2) is 6.29 Å². The van der Waals surface area contributed by atoms with E-state index in [0.717, 1.165) is 37.5 Å². The first-order valence-corrected chi connectivity index (χ1v) is 5.39. The number of aryl methyl sites for hydroxylation is 2. The van der Waals surface area contributed by atoms with Gasteiger partial charge in [-0.25, -0.2) is 0 Å². The third kappa shape index (κ3) is 2.44. The van der Waals surface area contributed by atoms with Gasteiger partial charge in [0.05, 0.1) is 0 Å². The number of carbonyl (C=O) groups is 1. The highest BCUT2D eigenvalue weighted by molar-refractivity contribution is 5.79. The summed E-state index contributed by atoms with van der Waals surface area (Å²) in [5.74, 6) is 0. The van der Waals surface area contributed by atoms with Crippen LogP contribution in [0.3, 0.4) is 0 Å². The van der Waals surface area contributed by atoms with Gasteiger partial charge in [0.1, 0.15) is 0 Å². The van der Waals surface area contributed by atoms with E-state index >= 15 is 0 Å². The fourth-order valence-corrected chi connectivity index (χ4v) is 1.79. The lowest BCUT2D eigenvalue weighted by Crippen LogP contribution is -1.98. The van der Waals surface area contributed by atoms with E-state index in [0.29, 0.717) is 0 Å². The largest absolute Gasteiger partial charge is 0.298 e. The van der Waals surface area contributed by atoms with Crippen LogP contribution in [-0.2, 0) is 12.8 Å². The lowest BCUT2D eigenvalue weighted by atomic mass is 9.96. The minimum Gasteiger partial charge on any atom is -0.298 e. The van der Waals surface area contributed by atoms with Crippen molar-refractivity contribution < 1.29 is 4.79 Å². The Kier molecular flexibility index (Phi) is 4.37. The highest BCUT2D eigenvalue weighted by Gasteiger charge is 2.05. The highest BCUT2D eigenvalue weighted by atomic mass is 16.1. The summed E-state index contributed by atoms with van der Waals surface area (Å²) in [6, 6.07) is 6.18. The second kappa shape index (κ2) is 5.58. The van der Waals surface area contributed by atoms with Gasteiger partial charge < -0.3 is 0 Å². The fourth-order valence-electron chi connectivity index (χ4n) is 1.79. The number of hydrogen-bond acceptors (Lipinski definition) is 1. The zero-order valence-corrected chi connectivity index (χ0v) is 9.05. The Morgan fingerprint density at radius 3 is 1.93 bits per heavy atom. The van der Waals surface area contributed by atoms with Gasteiger partial charge in [-0.1, -0.05) is 44.9 Å². The van der Waals surface area contributed by atoms with Gasteiger partial charge in [-0.3, -0.25) is 4.79 Å². The van der Waals surface area contributed by atoms with Gasteiger partial charge in [0, 0.05) is 5.56 Å².